The lowest BCUT2D eigenvalue weighted by Gasteiger charge is -2.18. The minimum atomic E-state index is 0.468. The van der Waals surface area contributed by atoms with Crippen LogP contribution in [0.5, 0.6) is 0 Å². The van der Waals surface area contributed by atoms with Crippen LogP contribution < -0.4 is 0 Å². The van der Waals surface area contributed by atoms with Crippen molar-refractivity contribution >= 4 is 33.0 Å². The number of thiophene rings is 1. The largest absolute Gasteiger partial charge is 0.144 e. The third kappa shape index (κ3) is 2.19. The zero-order valence-electron chi connectivity index (χ0n) is 9.03. The molecule has 1 aromatic carbocycles. The number of alkyl halides is 1. The van der Waals surface area contributed by atoms with Crippen LogP contribution in [0.1, 0.15) is 25.3 Å². The summed E-state index contributed by atoms with van der Waals surface area (Å²) in [5, 5.41) is 3.48. The van der Waals surface area contributed by atoms with Gasteiger partial charge in [-0.25, -0.2) is 0 Å². The highest BCUT2D eigenvalue weighted by molar-refractivity contribution is 7.17. The molecular formula is C13H15ClS. The third-order valence-electron chi connectivity index (χ3n) is 2.88. The predicted molar refractivity (Wildman–Crippen MR) is 70.1 cm³/mol. The average Bonchev–Trinajstić information content (AvgIpc) is 2.65. The average molecular weight is 239 g/mol. The Morgan fingerprint density at radius 3 is 2.73 bits per heavy atom. The summed E-state index contributed by atoms with van der Waals surface area (Å²) in [6.07, 6.45) is 0. The number of rotatable bonds is 3. The van der Waals surface area contributed by atoms with E-state index in [1.54, 1.807) is 11.3 Å². The fraction of sp³-hybridized carbons (Fsp3) is 0.385. The Morgan fingerprint density at radius 2 is 2.07 bits per heavy atom. The molecule has 0 saturated heterocycles. The summed E-state index contributed by atoms with van der Waals surface area (Å²) in [6, 6.07) is 8.87. The Balaban J connectivity index is 2.41. The second-order valence-corrected chi connectivity index (χ2v) is 5.48. The Labute approximate surface area is 99.9 Å². The molecule has 0 nitrogen and oxygen atoms in total. The van der Waals surface area contributed by atoms with Crippen LogP contribution in [-0.4, -0.2) is 5.88 Å². The summed E-state index contributed by atoms with van der Waals surface area (Å²) in [4.78, 5) is 0. The fourth-order valence-electron chi connectivity index (χ4n) is 1.87. The molecule has 0 radical (unpaired) electrons. The first-order valence-corrected chi connectivity index (χ1v) is 6.67. The molecule has 0 bridgehead atoms. The van der Waals surface area contributed by atoms with Crippen molar-refractivity contribution in [1.82, 2.24) is 0 Å². The van der Waals surface area contributed by atoms with E-state index in [2.05, 4.69) is 43.5 Å². The van der Waals surface area contributed by atoms with Gasteiger partial charge in [0.25, 0.3) is 0 Å². The van der Waals surface area contributed by atoms with E-state index in [1.165, 1.54) is 15.6 Å². The van der Waals surface area contributed by atoms with E-state index in [-0.39, 0.29) is 0 Å². The second kappa shape index (κ2) is 4.54. The lowest BCUT2D eigenvalue weighted by atomic mass is 9.90. The van der Waals surface area contributed by atoms with Gasteiger partial charge in [-0.3, -0.25) is 0 Å². The van der Waals surface area contributed by atoms with Gasteiger partial charge in [-0.05, 0) is 46.4 Å². The van der Waals surface area contributed by atoms with Crippen molar-refractivity contribution in [2.75, 3.05) is 5.88 Å². The van der Waals surface area contributed by atoms with E-state index in [4.69, 9.17) is 11.6 Å². The molecule has 1 aromatic heterocycles. The van der Waals surface area contributed by atoms with Crippen LogP contribution in [0.25, 0.3) is 10.1 Å². The molecule has 0 spiro atoms. The summed E-state index contributed by atoms with van der Waals surface area (Å²) in [5.41, 5.74) is 1.37. The van der Waals surface area contributed by atoms with Crippen LogP contribution in [0.2, 0.25) is 0 Å². The molecule has 0 aliphatic carbocycles. The molecule has 2 heteroatoms. The van der Waals surface area contributed by atoms with E-state index < -0.39 is 0 Å². The molecule has 0 aliphatic rings. The van der Waals surface area contributed by atoms with E-state index in [9.17, 15) is 0 Å². The molecule has 0 saturated carbocycles. The summed E-state index contributed by atoms with van der Waals surface area (Å²) < 4.78 is 1.36. The van der Waals surface area contributed by atoms with Gasteiger partial charge in [0, 0.05) is 10.6 Å². The van der Waals surface area contributed by atoms with Crippen molar-refractivity contribution in [3.8, 4) is 0 Å². The highest BCUT2D eigenvalue weighted by atomic mass is 35.5. The molecule has 0 fully saturated rings. The predicted octanol–water partition coefficient (Wildman–Crippen LogP) is 4.88. The van der Waals surface area contributed by atoms with Crippen molar-refractivity contribution in [3.05, 3.63) is 35.2 Å². The standard InChI is InChI=1S/C13H15ClS/c1-9(2)12(8-14)10-3-4-13-11(7-10)5-6-15-13/h3-7,9,12H,8H2,1-2H3. The van der Waals surface area contributed by atoms with E-state index >= 15 is 0 Å². The number of halogens is 1. The lowest BCUT2D eigenvalue weighted by molar-refractivity contribution is 0.540. The smallest absolute Gasteiger partial charge is 0.0342 e. The zero-order chi connectivity index (χ0) is 10.8. The molecule has 80 valence electrons. The molecule has 0 N–H and O–H groups in total. The van der Waals surface area contributed by atoms with Crippen molar-refractivity contribution < 1.29 is 0 Å². The molecule has 2 rings (SSSR count). The van der Waals surface area contributed by atoms with Gasteiger partial charge in [-0.2, -0.15) is 0 Å². The van der Waals surface area contributed by atoms with Crippen LogP contribution in [0, 0.1) is 5.92 Å². The molecule has 1 unspecified atom stereocenters. The van der Waals surface area contributed by atoms with Gasteiger partial charge in [0.05, 0.1) is 0 Å². The van der Waals surface area contributed by atoms with Gasteiger partial charge < -0.3 is 0 Å². The first kappa shape index (κ1) is 11.0. The lowest BCUT2D eigenvalue weighted by Crippen LogP contribution is -2.07. The van der Waals surface area contributed by atoms with Gasteiger partial charge in [0.15, 0.2) is 0 Å². The number of benzene rings is 1. The molecule has 0 amide bonds. The van der Waals surface area contributed by atoms with E-state index in [0.29, 0.717) is 17.7 Å². The quantitative estimate of drug-likeness (QED) is 0.669. The molecule has 1 heterocycles. The first-order valence-electron chi connectivity index (χ1n) is 5.25. The van der Waals surface area contributed by atoms with Crippen LogP contribution in [0.3, 0.4) is 0 Å². The summed E-state index contributed by atoms with van der Waals surface area (Å²) in [7, 11) is 0. The highest BCUT2D eigenvalue weighted by Gasteiger charge is 2.14. The Bertz CT molecular complexity index is 444. The van der Waals surface area contributed by atoms with Gasteiger partial charge in [0.2, 0.25) is 0 Å². The fourth-order valence-corrected chi connectivity index (χ4v) is 3.17. The summed E-state index contributed by atoms with van der Waals surface area (Å²) in [5.74, 6) is 1.77. The molecule has 0 aliphatic heterocycles. The second-order valence-electron chi connectivity index (χ2n) is 4.22. The molecular weight excluding hydrogens is 224 g/mol. The van der Waals surface area contributed by atoms with Crippen LogP contribution in [0.4, 0.5) is 0 Å². The summed E-state index contributed by atoms with van der Waals surface area (Å²) >= 11 is 7.82. The SMILES string of the molecule is CC(C)C(CCl)c1ccc2sccc2c1. The van der Waals surface area contributed by atoms with Gasteiger partial charge in [-0.15, -0.1) is 22.9 Å². The van der Waals surface area contributed by atoms with Crippen molar-refractivity contribution in [2.24, 2.45) is 5.92 Å². The molecule has 1 atom stereocenters. The van der Waals surface area contributed by atoms with Crippen LogP contribution in [-0.2, 0) is 0 Å². The Hall–Kier alpha value is -0.530. The van der Waals surface area contributed by atoms with Crippen molar-refractivity contribution in [2.45, 2.75) is 19.8 Å². The number of hydrogen-bond acceptors (Lipinski definition) is 1. The normalized spacial score (nSPS) is 13.6. The maximum atomic E-state index is 6.02. The Kier molecular flexibility index (Phi) is 3.32. The van der Waals surface area contributed by atoms with Gasteiger partial charge in [-0.1, -0.05) is 19.9 Å². The van der Waals surface area contributed by atoms with Crippen molar-refractivity contribution in [1.29, 1.82) is 0 Å². The topological polar surface area (TPSA) is 0 Å². The van der Waals surface area contributed by atoms with Gasteiger partial charge >= 0.3 is 0 Å². The molecule has 2 aromatic rings. The monoisotopic (exact) mass is 238 g/mol. The summed E-state index contributed by atoms with van der Waals surface area (Å²) in [6.45, 7) is 4.45. The Morgan fingerprint density at radius 1 is 1.27 bits per heavy atom. The zero-order valence-corrected chi connectivity index (χ0v) is 10.6. The van der Waals surface area contributed by atoms with Crippen LogP contribution in [0.15, 0.2) is 29.6 Å². The minimum absolute atomic E-state index is 0.468. The van der Waals surface area contributed by atoms with Gasteiger partial charge in [0.1, 0.15) is 0 Å². The maximum absolute atomic E-state index is 6.02. The van der Waals surface area contributed by atoms with E-state index in [1.807, 2.05) is 0 Å². The maximum Gasteiger partial charge on any atom is 0.0342 e. The van der Waals surface area contributed by atoms with Crippen molar-refractivity contribution in [3.63, 3.8) is 0 Å². The minimum Gasteiger partial charge on any atom is -0.144 e. The highest BCUT2D eigenvalue weighted by Crippen LogP contribution is 2.30. The number of hydrogen-bond donors (Lipinski definition) is 0. The molecule has 15 heavy (non-hydrogen) atoms. The van der Waals surface area contributed by atoms with Crippen LogP contribution >= 0.6 is 22.9 Å². The first-order chi connectivity index (χ1) is 7.22. The number of fused-ring (bicyclic) bond motifs is 1. The van der Waals surface area contributed by atoms with E-state index in [0.717, 1.165) is 0 Å². The third-order valence-corrected chi connectivity index (χ3v) is 4.11.